The SMILES string of the molecule is NC1NC(=O)C2N=CN([C@@H]3O[C@@H]4COP(=O)(O)O[C@H]5C[C@H](Nc6ccncn6)C[C@@H]5COP(=O)(O)O[C@@H]3[C@@H]4O)C2N1. The first-order chi connectivity index (χ1) is 19.5. The van der Waals surface area contributed by atoms with Crippen LogP contribution in [0.2, 0.25) is 0 Å². The third kappa shape index (κ3) is 6.17. The van der Waals surface area contributed by atoms with Gasteiger partial charge in [0, 0.05) is 18.2 Å². The lowest BCUT2D eigenvalue weighted by Crippen LogP contribution is -2.70. The van der Waals surface area contributed by atoms with Crippen LogP contribution in [0.25, 0.3) is 0 Å². The molecule has 3 saturated heterocycles. The number of nitrogens with zero attached hydrogens (tertiary/aromatic N) is 4. The van der Waals surface area contributed by atoms with Gasteiger partial charge in [-0.1, -0.05) is 0 Å². The molecule has 41 heavy (non-hydrogen) atoms. The summed E-state index contributed by atoms with van der Waals surface area (Å²) in [7, 11) is -9.55. The molecule has 4 aliphatic heterocycles. The zero-order valence-electron chi connectivity index (χ0n) is 21.3. The second kappa shape index (κ2) is 11.2. The maximum absolute atomic E-state index is 13.1. The van der Waals surface area contributed by atoms with Crippen LogP contribution in [-0.2, 0) is 36.8 Å². The Bertz CT molecular complexity index is 1260. The van der Waals surface area contributed by atoms with Crippen LogP contribution in [0.4, 0.5) is 5.82 Å². The zero-order chi connectivity index (χ0) is 28.9. The summed E-state index contributed by atoms with van der Waals surface area (Å²) in [6.45, 7) is -1.01. The van der Waals surface area contributed by atoms with Crippen LogP contribution in [0, 0.1) is 5.92 Å². The van der Waals surface area contributed by atoms with Crippen LogP contribution in [0.15, 0.2) is 23.6 Å². The highest BCUT2D eigenvalue weighted by atomic mass is 31.2. The van der Waals surface area contributed by atoms with E-state index in [4.69, 9.17) is 28.6 Å². The van der Waals surface area contributed by atoms with Crippen molar-refractivity contribution in [1.82, 2.24) is 25.5 Å². The lowest BCUT2D eigenvalue weighted by Gasteiger charge is -2.39. The zero-order valence-corrected chi connectivity index (χ0v) is 23.1. The lowest BCUT2D eigenvalue weighted by molar-refractivity contribution is -0.130. The van der Waals surface area contributed by atoms with Gasteiger partial charge in [0.05, 0.1) is 25.7 Å². The highest BCUT2D eigenvalue weighted by Crippen LogP contribution is 2.53. The van der Waals surface area contributed by atoms with Crippen molar-refractivity contribution in [1.29, 1.82) is 0 Å². The van der Waals surface area contributed by atoms with E-state index >= 15 is 0 Å². The summed E-state index contributed by atoms with van der Waals surface area (Å²) < 4.78 is 53.3. The number of phosphoric ester groups is 2. The topological polar surface area (TPSA) is 262 Å². The van der Waals surface area contributed by atoms with Gasteiger partial charge in [0.1, 0.15) is 42.9 Å². The van der Waals surface area contributed by atoms with Crippen LogP contribution < -0.4 is 21.7 Å². The number of nitrogens with two attached hydrogens (primary N) is 1. The first kappa shape index (κ1) is 29.0. The van der Waals surface area contributed by atoms with Crippen LogP contribution in [0.1, 0.15) is 12.8 Å². The van der Waals surface area contributed by atoms with E-state index in [-0.39, 0.29) is 19.1 Å². The number of carbonyl (C=O) groups excluding carboxylic acids is 1. The fourth-order valence-electron chi connectivity index (χ4n) is 5.59. The Kier molecular flexibility index (Phi) is 7.90. The van der Waals surface area contributed by atoms with Gasteiger partial charge in [-0.15, -0.1) is 0 Å². The Labute approximate surface area is 233 Å². The molecule has 4 fully saturated rings. The van der Waals surface area contributed by atoms with Crippen molar-refractivity contribution in [2.75, 3.05) is 18.5 Å². The maximum Gasteiger partial charge on any atom is 0.472 e. The van der Waals surface area contributed by atoms with Crippen LogP contribution in [0.3, 0.4) is 0 Å². The molecule has 1 aliphatic carbocycles. The van der Waals surface area contributed by atoms with Gasteiger partial charge in [-0.2, -0.15) is 0 Å². The number of fused-ring (bicyclic) bond motifs is 4. The molecule has 0 radical (unpaired) electrons. The average Bonchev–Trinajstić information content (AvgIpc) is 3.57. The molecule has 226 valence electrons. The summed E-state index contributed by atoms with van der Waals surface area (Å²) in [5.74, 6) is -0.562. The van der Waals surface area contributed by atoms with E-state index in [9.17, 15) is 28.8 Å². The van der Waals surface area contributed by atoms with E-state index in [1.165, 1.54) is 17.6 Å². The quantitative estimate of drug-likeness (QED) is 0.176. The van der Waals surface area contributed by atoms with E-state index in [0.29, 0.717) is 12.2 Å². The second-order valence-electron chi connectivity index (χ2n) is 10.2. The van der Waals surface area contributed by atoms with E-state index in [1.807, 2.05) is 0 Å². The summed E-state index contributed by atoms with van der Waals surface area (Å²) in [5.41, 5.74) is 5.83. The largest absolute Gasteiger partial charge is 0.472 e. The highest BCUT2D eigenvalue weighted by Gasteiger charge is 2.55. The van der Waals surface area contributed by atoms with Gasteiger partial charge >= 0.3 is 15.6 Å². The monoisotopic (exact) mass is 620 g/mol. The first-order valence-electron chi connectivity index (χ1n) is 12.8. The molecule has 21 heteroatoms. The number of carbonyl (C=O) groups is 1. The lowest BCUT2D eigenvalue weighted by atomic mass is 10.1. The van der Waals surface area contributed by atoms with Gasteiger partial charge in [-0.05, 0) is 18.9 Å². The van der Waals surface area contributed by atoms with Crippen LogP contribution in [-0.4, -0.2) is 110 Å². The number of hydrogen-bond acceptors (Lipinski definition) is 16. The highest BCUT2D eigenvalue weighted by molar-refractivity contribution is 7.47. The molecule has 5 heterocycles. The van der Waals surface area contributed by atoms with Crippen molar-refractivity contribution in [2.24, 2.45) is 16.6 Å². The first-order valence-corrected chi connectivity index (χ1v) is 15.8. The van der Waals surface area contributed by atoms with Crippen molar-refractivity contribution in [3.8, 4) is 0 Å². The van der Waals surface area contributed by atoms with Crippen molar-refractivity contribution in [3.05, 3.63) is 18.6 Å². The van der Waals surface area contributed by atoms with Gasteiger partial charge in [0.25, 0.3) is 5.91 Å². The number of hydrogen-bond donors (Lipinski definition) is 7. The van der Waals surface area contributed by atoms with Crippen molar-refractivity contribution in [3.63, 3.8) is 0 Å². The number of aliphatic imine (C=N–C) groups is 1. The number of amides is 1. The summed E-state index contributed by atoms with van der Waals surface area (Å²) in [4.78, 5) is 47.0. The number of anilines is 1. The van der Waals surface area contributed by atoms with Crippen LogP contribution >= 0.6 is 15.6 Å². The fourth-order valence-corrected chi connectivity index (χ4v) is 7.56. The summed E-state index contributed by atoms with van der Waals surface area (Å²) in [6.07, 6.45) is -3.68. The van der Waals surface area contributed by atoms with Gasteiger partial charge in [0.2, 0.25) is 0 Å². The number of aliphatic hydroxyl groups is 1. The number of rotatable bonds is 3. The fraction of sp³-hybridized carbons (Fsp3) is 0.700. The molecule has 6 rings (SSSR count). The van der Waals surface area contributed by atoms with Gasteiger partial charge in [-0.3, -0.25) is 38.9 Å². The van der Waals surface area contributed by atoms with E-state index in [1.54, 1.807) is 12.3 Å². The van der Waals surface area contributed by atoms with Crippen molar-refractivity contribution in [2.45, 2.75) is 68.0 Å². The average molecular weight is 620 g/mol. The molecule has 5 unspecified atom stereocenters. The Morgan fingerprint density at radius 2 is 1.90 bits per heavy atom. The molecule has 8 N–H and O–H groups in total. The normalized spacial score (nSPS) is 46.5. The predicted molar refractivity (Wildman–Crippen MR) is 135 cm³/mol. The molecule has 1 saturated carbocycles. The number of aliphatic hydroxyl groups excluding tert-OH is 1. The molecule has 2 bridgehead atoms. The minimum atomic E-state index is -4.85. The summed E-state index contributed by atoms with van der Waals surface area (Å²) in [6, 6.07) is 0.438. The van der Waals surface area contributed by atoms with Crippen molar-refractivity contribution < 1.29 is 51.6 Å². The molecule has 0 spiro atoms. The molecule has 1 aromatic rings. The molecule has 5 aliphatic rings. The Morgan fingerprint density at radius 3 is 2.68 bits per heavy atom. The van der Waals surface area contributed by atoms with E-state index < -0.39 is 83.2 Å². The number of phosphoric acid groups is 2. The minimum Gasteiger partial charge on any atom is -0.387 e. The van der Waals surface area contributed by atoms with Gasteiger partial charge < -0.3 is 35.2 Å². The summed E-state index contributed by atoms with van der Waals surface area (Å²) >= 11 is 0. The third-order valence-electron chi connectivity index (χ3n) is 7.45. The van der Waals surface area contributed by atoms with Crippen LogP contribution in [0.5, 0.6) is 0 Å². The molecule has 12 atom stereocenters. The molecular formula is C20H30N8O11P2. The second-order valence-corrected chi connectivity index (χ2v) is 13.0. The Balaban J connectivity index is 1.22. The number of nitrogens with one attached hydrogen (secondary N) is 3. The third-order valence-corrected chi connectivity index (χ3v) is 9.44. The van der Waals surface area contributed by atoms with E-state index in [2.05, 4.69) is 30.9 Å². The van der Waals surface area contributed by atoms with Gasteiger partial charge in [-0.25, -0.2) is 19.1 Å². The summed E-state index contributed by atoms with van der Waals surface area (Å²) in [5, 5.41) is 19.6. The van der Waals surface area contributed by atoms with Gasteiger partial charge in [0.15, 0.2) is 12.3 Å². The molecule has 19 nitrogen and oxygen atoms in total. The number of aromatic nitrogens is 2. The number of ether oxygens (including phenoxy) is 1. The molecule has 0 aromatic carbocycles. The Hall–Kier alpha value is -2.12. The van der Waals surface area contributed by atoms with E-state index in [0.717, 1.165) is 0 Å². The molecular weight excluding hydrogens is 590 g/mol. The minimum absolute atomic E-state index is 0.231. The maximum atomic E-state index is 13.1. The molecule has 1 amide bonds. The Morgan fingerprint density at radius 1 is 1.12 bits per heavy atom. The van der Waals surface area contributed by atoms with Crippen molar-refractivity contribution >= 4 is 33.7 Å². The smallest absolute Gasteiger partial charge is 0.387 e. The standard InChI is InChI=1S/C20H30N8O11P2/c21-20-26-17-14(18(30)27-20)24-8-28(17)19-16-15(29)12(37-19)6-36-40(31,32)38-11-4-10(25-13-1-2-22-7-23-13)3-9(11)5-35-41(33,34)39-16/h1-2,7-12,14-17,19-20,26,29H,3-6,21H2,(H,27,30)(H,31,32)(H,33,34)(H,22,23,25)/t9-,10-,11+,12-,14?,15-,16-,17?,19-,20?/m1/s1. The predicted octanol–water partition coefficient (Wildman–Crippen LogP) is -2.23. The molecule has 1 aromatic heterocycles.